The molecule has 6 nitrogen and oxygen atoms in total. The van der Waals surface area contributed by atoms with E-state index in [0.717, 1.165) is 5.69 Å². The minimum atomic E-state index is -0.207. The van der Waals surface area contributed by atoms with E-state index in [4.69, 9.17) is 9.47 Å². The molecule has 2 aromatic rings. The molecule has 1 aromatic carbocycles. The lowest BCUT2D eigenvalue weighted by Gasteiger charge is -2.10. The molecule has 1 heterocycles. The number of H-pyrrole nitrogens is 1. The van der Waals surface area contributed by atoms with E-state index >= 15 is 0 Å². The summed E-state index contributed by atoms with van der Waals surface area (Å²) in [6.07, 6.45) is 0. The Labute approximate surface area is 117 Å². The van der Waals surface area contributed by atoms with Crippen molar-refractivity contribution in [3.63, 3.8) is 0 Å². The van der Waals surface area contributed by atoms with E-state index in [0.29, 0.717) is 28.4 Å². The van der Waals surface area contributed by atoms with Crippen LogP contribution < -0.4 is 14.8 Å². The molecular formula is C14H17N3O3. The van der Waals surface area contributed by atoms with Crippen molar-refractivity contribution in [2.45, 2.75) is 13.8 Å². The van der Waals surface area contributed by atoms with Crippen LogP contribution in [0.1, 0.15) is 21.7 Å². The van der Waals surface area contributed by atoms with Gasteiger partial charge in [-0.15, -0.1) is 0 Å². The fourth-order valence-corrected chi connectivity index (χ4v) is 1.99. The maximum Gasteiger partial charge on any atom is 0.259 e. The Morgan fingerprint density at radius 3 is 2.45 bits per heavy atom. The van der Waals surface area contributed by atoms with Crippen molar-refractivity contribution in [2.75, 3.05) is 19.5 Å². The van der Waals surface area contributed by atoms with E-state index < -0.39 is 0 Å². The molecule has 0 bridgehead atoms. The van der Waals surface area contributed by atoms with Crippen molar-refractivity contribution in [3.05, 3.63) is 35.2 Å². The van der Waals surface area contributed by atoms with Gasteiger partial charge >= 0.3 is 0 Å². The molecule has 1 amide bonds. The number of amides is 1. The zero-order valence-corrected chi connectivity index (χ0v) is 11.9. The van der Waals surface area contributed by atoms with Crippen molar-refractivity contribution >= 4 is 11.6 Å². The Bertz CT molecular complexity index is 615. The van der Waals surface area contributed by atoms with E-state index in [1.54, 1.807) is 39.3 Å². The van der Waals surface area contributed by atoms with Gasteiger partial charge < -0.3 is 14.8 Å². The average molecular weight is 275 g/mol. The Balaban J connectivity index is 2.24. The number of carbonyl (C=O) groups is 1. The van der Waals surface area contributed by atoms with E-state index in [1.807, 2.05) is 6.92 Å². The molecule has 0 unspecified atom stereocenters. The number of nitrogens with zero attached hydrogens (tertiary/aromatic N) is 1. The number of benzene rings is 1. The highest BCUT2D eigenvalue weighted by molar-refractivity contribution is 6.05. The van der Waals surface area contributed by atoms with Crippen molar-refractivity contribution < 1.29 is 14.3 Å². The lowest BCUT2D eigenvalue weighted by atomic mass is 10.2. The lowest BCUT2D eigenvalue weighted by molar-refractivity contribution is 0.102. The summed E-state index contributed by atoms with van der Waals surface area (Å²) < 4.78 is 10.4. The number of methoxy groups -OCH3 is 2. The number of hydrogen-bond acceptors (Lipinski definition) is 4. The maximum atomic E-state index is 12.2. The number of anilines is 1. The number of aryl methyl sites for hydroxylation is 2. The van der Waals surface area contributed by atoms with Crippen LogP contribution in [0.4, 0.5) is 5.69 Å². The highest BCUT2D eigenvalue weighted by atomic mass is 16.5. The van der Waals surface area contributed by atoms with E-state index in [9.17, 15) is 4.79 Å². The third-order valence-electron chi connectivity index (χ3n) is 3.00. The van der Waals surface area contributed by atoms with Crippen LogP contribution in [0, 0.1) is 13.8 Å². The van der Waals surface area contributed by atoms with Gasteiger partial charge in [-0.3, -0.25) is 9.89 Å². The van der Waals surface area contributed by atoms with Crippen LogP contribution in [-0.2, 0) is 0 Å². The molecule has 2 rings (SSSR count). The summed E-state index contributed by atoms with van der Waals surface area (Å²) in [5.41, 5.74) is 2.59. The normalized spacial score (nSPS) is 10.2. The van der Waals surface area contributed by atoms with Gasteiger partial charge in [0.1, 0.15) is 0 Å². The fraction of sp³-hybridized carbons (Fsp3) is 0.286. The van der Waals surface area contributed by atoms with Crippen LogP contribution in [0.3, 0.4) is 0 Å². The minimum absolute atomic E-state index is 0.207. The Kier molecular flexibility index (Phi) is 3.93. The van der Waals surface area contributed by atoms with Crippen LogP contribution >= 0.6 is 0 Å². The molecule has 20 heavy (non-hydrogen) atoms. The average Bonchev–Trinajstić information content (AvgIpc) is 2.78. The molecular weight excluding hydrogens is 258 g/mol. The fourth-order valence-electron chi connectivity index (χ4n) is 1.99. The smallest absolute Gasteiger partial charge is 0.259 e. The summed E-state index contributed by atoms with van der Waals surface area (Å²) in [5, 5.41) is 9.62. The first-order valence-electron chi connectivity index (χ1n) is 6.11. The predicted molar refractivity (Wildman–Crippen MR) is 75.6 cm³/mol. The second-order valence-electron chi connectivity index (χ2n) is 4.33. The van der Waals surface area contributed by atoms with Crippen molar-refractivity contribution in [1.82, 2.24) is 10.2 Å². The quantitative estimate of drug-likeness (QED) is 0.897. The van der Waals surface area contributed by atoms with E-state index in [2.05, 4.69) is 15.5 Å². The summed E-state index contributed by atoms with van der Waals surface area (Å²) >= 11 is 0. The summed E-state index contributed by atoms with van der Waals surface area (Å²) in [7, 11) is 3.11. The van der Waals surface area contributed by atoms with Gasteiger partial charge in [0.15, 0.2) is 11.5 Å². The standard InChI is InChI=1S/C14H17N3O3/c1-8-13(9(2)17-16-8)14(18)15-10-5-6-11(19-3)12(7-10)20-4/h5-7H,1-4H3,(H,15,18)(H,16,17). The second kappa shape index (κ2) is 5.64. The molecule has 0 spiro atoms. The molecule has 0 fully saturated rings. The van der Waals surface area contributed by atoms with E-state index in [1.165, 1.54) is 0 Å². The zero-order valence-electron chi connectivity index (χ0n) is 11.9. The third kappa shape index (κ3) is 2.59. The Morgan fingerprint density at radius 1 is 1.20 bits per heavy atom. The summed E-state index contributed by atoms with van der Waals surface area (Å²) in [6.45, 7) is 3.59. The molecule has 106 valence electrons. The van der Waals surface area contributed by atoms with Crippen molar-refractivity contribution in [2.24, 2.45) is 0 Å². The van der Waals surface area contributed by atoms with Gasteiger partial charge in [-0.1, -0.05) is 0 Å². The molecule has 0 aliphatic carbocycles. The van der Waals surface area contributed by atoms with Gasteiger partial charge in [0.2, 0.25) is 0 Å². The molecule has 0 aliphatic rings. The Morgan fingerprint density at radius 2 is 1.90 bits per heavy atom. The number of ether oxygens (including phenoxy) is 2. The number of carbonyl (C=O) groups excluding carboxylic acids is 1. The van der Waals surface area contributed by atoms with Crippen molar-refractivity contribution in [1.29, 1.82) is 0 Å². The third-order valence-corrected chi connectivity index (χ3v) is 3.00. The van der Waals surface area contributed by atoms with Gasteiger partial charge in [-0.2, -0.15) is 5.10 Å². The largest absolute Gasteiger partial charge is 0.493 e. The molecule has 0 atom stereocenters. The van der Waals surface area contributed by atoms with Gasteiger partial charge in [0, 0.05) is 17.4 Å². The molecule has 0 saturated heterocycles. The predicted octanol–water partition coefficient (Wildman–Crippen LogP) is 2.30. The van der Waals surface area contributed by atoms with E-state index in [-0.39, 0.29) is 5.91 Å². The molecule has 0 saturated carbocycles. The number of aromatic amines is 1. The first kappa shape index (κ1) is 13.9. The number of nitrogens with one attached hydrogen (secondary N) is 2. The van der Waals surface area contributed by atoms with Crippen LogP contribution in [0.5, 0.6) is 11.5 Å². The van der Waals surface area contributed by atoms with Crippen molar-refractivity contribution in [3.8, 4) is 11.5 Å². The SMILES string of the molecule is COc1ccc(NC(=O)c2c(C)n[nH]c2C)cc1OC. The summed E-state index contributed by atoms with van der Waals surface area (Å²) in [4.78, 5) is 12.2. The molecule has 0 radical (unpaired) electrons. The number of hydrogen-bond donors (Lipinski definition) is 2. The summed E-state index contributed by atoms with van der Waals surface area (Å²) in [6, 6.07) is 5.20. The highest BCUT2D eigenvalue weighted by Gasteiger charge is 2.16. The van der Waals surface area contributed by atoms with Gasteiger partial charge in [-0.25, -0.2) is 0 Å². The number of rotatable bonds is 4. The highest BCUT2D eigenvalue weighted by Crippen LogP contribution is 2.30. The van der Waals surface area contributed by atoms with Crippen LogP contribution in [0.2, 0.25) is 0 Å². The second-order valence-corrected chi connectivity index (χ2v) is 4.33. The first-order valence-corrected chi connectivity index (χ1v) is 6.11. The molecule has 6 heteroatoms. The van der Waals surface area contributed by atoms with Gasteiger partial charge in [0.05, 0.1) is 25.5 Å². The molecule has 1 aromatic heterocycles. The zero-order chi connectivity index (χ0) is 14.7. The first-order chi connectivity index (χ1) is 9.56. The topological polar surface area (TPSA) is 76.2 Å². The maximum absolute atomic E-state index is 12.2. The van der Waals surface area contributed by atoms with Crippen LogP contribution in [-0.4, -0.2) is 30.3 Å². The van der Waals surface area contributed by atoms with Crippen LogP contribution in [0.15, 0.2) is 18.2 Å². The lowest BCUT2D eigenvalue weighted by Crippen LogP contribution is -2.13. The Hall–Kier alpha value is -2.50. The minimum Gasteiger partial charge on any atom is -0.493 e. The number of aromatic nitrogens is 2. The molecule has 0 aliphatic heterocycles. The molecule has 2 N–H and O–H groups in total. The summed E-state index contributed by atoms with van der Waals surface area (Å²) in [5.74, 6) is 0.966. The van der Waals surface area contributed by atoms with Gasteiger partial charge in [-0.05, 0) is 26.0 Å². The van der Waals surface area contributed by atoms with Crippen LogP contribution in [0.25, 0.3) is 0 Å². The monoisotopic (exact) mass is 275 g/mol. The van der Waals surface area contributed by atoms with Gasteiger partial charge in [0.25, 0.3) is 5.91 Å².